The molecule has 0 bridgehead atoms. The predicted molar refractivity (Wildman–Crippen MR) is 128 cm³/mol. The Hall–Kier alpha value is -2.58. The van der Waals surface area contributed by atoms with Gasteiger partial charge in [-0.25, -0.2) is 0 Å². The second kappa shape index (κ2) is 10.3. The summed E-state index contributed by atoms with van der Waals surface area (Å²) in [4.78, 5) is 0. The topological polar surface area (TPSA) is 17.0 Å². The standard InChI is InChI=1S/C24H28N2.C3H6/c1-3-18(2)21-9-5-4-8-20(21)16-26-17-23(19-12-14-25-15-13-19)22-10-6-7-11-24(22)26;1-3-2/h3-11,17,19,25H,12-16H2,1-2H3;3H,1H2,2H3/b18-3+;. The zero-order chi connectivity index (χ0) is 20.6. The molecule has 0 saturated carbocycles. The van der Waals surface area contributed by atoms with Gasteiger partial charge < -0.3 is 9.88 Å². The van der Waals surface area contributed by atoms with Crippen LogP contribution in [0.2, 0.25) is 0 Å². The highest BCUT2D eigenvalue weighted by molar-refractivity contribution is 5.84. The molecule has 0 radical (unpaired) electrons. The molecule has 152 valence electrons. The summed E-state index contributed by atoms with van der Waals surface area (Å²) < 4.78 is 2.45. The minimum Gasteiger partial charge on any atom is -0.343 e. The molecule has 2 heterocycles. The summed E-state index contributed by atoms with van der Waals surface area (Å²) in [6.07, 6.45) is 8.85. The van der Waals surface area contributed by atoms with Gasteiger partial charge in [0, 0.05) is 23.6 Å². The number of benzene rings is 2. The molecule has 1 N–H and O–H groups in total. The Morgan fingerprint density at radius 3 is 2.45 bits per heavy atom. The third-order valence-corrected chi connectivity index (χ3v) is 5.81. The Morgan fingerprint density at radius 2 is 1.72 bits per heavy atom. The van der Waals surface area contributed by atoms with Crippen molar-refractivity contribution in [2.45, 2.75) is 46.1 Å². The van der Waals surface area contributed by atoms with Gasteiger partial charge in [-0.1, -0.05) is 54.6 Å². The summed E-state index contributed by atoms with van der Waals surface area (Å²) in [5.41, 5.74) is 6.98. The zero-order valence-electron chi connectivity index (χ0n) is 18.1. The molecule has 1 aliphatic heterocycles. The molecule has 0 aliphatic carbocycles. The van der Waals surface area contributed by atoms with Crippen LogP contribution in [-0.2, 0) is 6.54 Å². The number of para-hydroxylation sites is 1. The third-order valence-electron chi connectivity index (χ3n) is 5.81. The molecule has 0 spiro atoms. The van der Waals surface area contributed by atoms with Crippen LogP contribution in [0, 0.1) is 0 Å². The third kappa shape index (κ3) is 4.89. The van der Waals surface area contributed by atoms with E-state index < -0.39 is 0 Å². The van der Waals surface area contributed by atoms with Crippen LogP contribution in [0.4, 0.5) is 0 Å². The van der Waals surface area contributed by atoms with Gasteiger partial charge in [0.05, 0.1) is 0 Å². The number of hydrogen-bond acceptors (Lipinski definition) is 1. The van der Waals surface area contributed by atoms with Crippen molar-refractivity contribution in [2.24, 2.45) is 0 Å². The minimum atomic E-state index is 0.676. The average molecular weight is 387 g/mol. The molecule has 2 heteroatoms. The molecule has 2 nitrogen and oxygen atoms in total. The van der Waals surface area contributed by atoms with Crippen LogP contribution in [0.25, 0.3) is 16.5 Å². The van der Waals surface area contributed by atoms with Gasteiger partial charge in [0.1, 0.15) is 0 Å². The smallest absolute Gasteiger partial charge is 0.0486 e. The Bertz CT molecular complexity index is 971. The average Bonchev–Trinajstić information content (AvgIpc) is 3.13. The van der Waals surface area contributed by atoms with E-state index in [4.69, 9.17) is 0 Å². The molecule has 0 unspecified atom stereocenters. The molecule has 1 saturated heterocycles. The molecule has 3 aromatic rings. The fraction of sp³-hybridized carbons (Fsp3) is 0.333. The molecular weight excluding hydrogens is 352 g/mol. The number of allylic oxidation sites excluding steroid dienone is 3. The largest absolute Gasteiger partial charge is 0.343 e. The van der Waals surface area contributed by atoms with E-state index in [1.165, 1.54) is 46.0 Å². The van der Waals surface area contributed by atoms with Gasteiger partial charge in [-0.05, 0) is 81.0 Å². The second-order valence-corrected chi connectivity index (χ2v) is 7.79. The second-order valence-electron chi connectivity index (χ2n) is 7.79. The van der Waals surface area contributed by atoms with Gasteiger partial charge in [0.2, 0.25) is 0 Å². The van der Waals surface area contributed by atoms with Crippen LogP contribution in [0.5, 0.6) is 0 Å². The van der Waals surface area contributed by atoms with Crippen molar-refractivity contribution in [1.82, 2.24) is 9.88 Å². The Kier molecular flexibility index (Phi) is 7.48. The highest BCUT2D eigenvalue weighted by Crippen LogP contribution is 2.33. The van der Waals surface area contributed by atoms with Crippen molar-refractivity contribution < 1.29 is 0 Å². The maximum Gasteiger partial charge on any atom is 0.0486 e. The number of hydrogen-bond donors (Lipinski definition) is 1. The SMILES string of the molecule is C/C=C(\C)c1ccccc1Cn1cc(C2CCNCC2)c2ccccc21.C=CC. The van der Waals surface area contributed by atoms with Crippen molar-refractivity contribution in [1.29, 1.82) is 0 Å². The number of piperidine rings is 1. The normalized spacial score (nSPS) is 15.1. The van der Waals surface area contributed by atoms with Gasteiger partial charge in [0.15, 0.2) is 0 Å². The molecule has 1 aliphatic rings. The first-order valence-electron chi connectivity index (χ1n) is 10.8. The highest BCUT2D eigenvalue weighted by Gasteiger charge is 2.20. The monoisotopic (exact) mass is 386 g/mol. The number of nitrogens with one attached hydrogen (secondary N) is 1. The van der Waals surface area contributed by atoms with E-state index in [0.29, 0.717) is 5.92 Å². The predicted octanol–water partition coefficient (Wildman–Crippen LogP) is 6.77. The van der Waals surface area contributed by atoms with Gasteiger partial charge >= 0.3 is 0 Å². The van der Waals surface area contributed by atoms with E-state index in [0.717, 1.165) is 19.6 Å². The van der Waals surface area contributed by atoms with Crippen LogP contribution in [0.15, 0.2) is 73.5 Å². The van der Waals surface area contributed by atoms with Crippen LogP contribution >= 0.6 is 0 Å². The molecule has 1 aromatic heterocycles. The van der Waals surface area contributed by atoms with E-state index >= 15 is 0 Å². The lowest BCUT2D eigenvalue weighted by molar-refractivity contribution is 0.461. The fourth-order valence-electron chi connectivity index (χ4n) is 4.25. The van der Waals surface area contributed by atoms with Crippen LogP contribution in [0.3, 0.4) is 0 Å². The van der Waals surface area contributed by atoms with Crippen molar-refractivity contribution >= 4 is 16.5 Å². The van der Waals surface area contributed by atoms with E-state index in [1.807, 2.05) is 6.92 Å². The van der Waals surface area contributed by atoms with Gasteiger partial charge in [-0.15, -0.1) is 6.58 Å². The molecule has 0 amide bonds. The minimum absolute atomic E-state index is 0.676. The van der Waals surface area contributed by atoms with E-state index in [9.17, 15) is 0 Å². The van der Waals surface area contributed by atoms with Crippen LogP contribution in [0.1, 0.15) is 56.2 Å². The summed E-state index contributed by atoms with van der Waals surface area (Å²) >= 11 is 0. The first-order valence-corrected chi connectivity index (χ1v) is 10.8. The zero-order valence-corrected chi connectivity index (χ0v) is 18.1. The Labute approximate surface area is 176 Å². The first kappa shape index (κ1) is 21.1. The number of rotatable bonds is 4. The Morgan fingerprint density at radius 1 is 1.07 bits per heavy atom. The number of fused-ring (bicyclic) bond motifs is 1. The summed E-state index contributed by atoms with van der Waals surface area (Å²) in [5, 5.41) is 4.92. The van der Waals surface area contributed by atoms with Gasteiger partial charge in [-0.3, -0.25) is 0 Å². The van der Waals surface area contributed by atoms with Crippen molar-refractivity contribution in [2.75, 3.05) is 13.1 Å². The fourth-order valence-corrected chi connectivity index (χ4v) is 4.25. The van der Waals surface area contributed by atoms with Crippen LogP contribution in [-0.4, -0.2) is 17.7 Å². The quantitative estimate of drug-likeness (QED) is 0.489. The maximum absolute atomic E-state index is 3.49. The molecule has 0 atom stereocenters. The van der Waals surface area contributed by atoms with Crippen LogP contribution < -0.4 is 5.32 Å². The lowest BCUT2D eigenvalue weighted by Crippen LogP contribution is -2.26. The Balaban J connectivity index is 0.000000755. The highest BCUT2D eigenvalue weighted by atomic mass is 15.0. The maximum atomic E-state index is 3.49. The summed E-state index contributed by atoms with van der Waals surface area (Å²) in [6.45, 7) is 12.8. The van der Waals surface area contributed by atoms with E-state index in [-0.39, 0.29) is 0 Å². The van der Waals surface area contributed by atoms with Crippen molar-refractivity contribution in [3.05, 3.63) is 90.1 Å². The van der Waals surface area contributed by atoms with Gasteiger partial charge in [-0.2, -0.15) is 0 Å². The number of nitrogens with zero attached hydrogens (tertiary/aromatic N) is 1. The summed E-state index contributed by atoms with van der Waals surface area (Å²) in [7, 11) is 0. The van der Waals surface area contributed by atoms with Gasteiger partial charge in [0.25, 0.3) is 0 Å². The number of aromatic nitrogens is 1. The van der Waals surface area contributed by atoms with Crippen molar-refractivity contribution in [3.8, 4) is 0 Å². The van der Waals surface area contributed by atoms with E-state index in [2.05, 4.69) is 91.1 Å². The molecule has 2 aromatic carbocycles. The summed E-state index contributed by atoms with van der Waals surface area (Å²) in [5.74, 6) is 0.676. The molecule has 4 rings (SSSR count). The van der Waals surface area contributed by atoms with E-state index in [1.54, 1.807) is 6.08 Å². The van der Waals surface area contributed by atoms with Crippen molar-refractivity contribution in [3.63, 3.8) is 0 Å². The summed E-state index contributed by atoms with van der Waals surface area (Å²) in [6, 6.07) is 17.7. The lowest BCUT2D eigenvalue weighted by Gasteiger charge is -2.22. The lowest BCUT2D eigenvalue weighted by atomic mass is 9.90. The first-order chi connectivity index (χ1) is 14.2. The molecule has 1 fully saturated rings. The molecular formula is C27H34N2. The molecule has 29 heavy (non-hydrogen) atoms.